The second-order valence-electron chi connectivity index (χ2n) is 4.80. The van der Waals surface area contributed by atoms with Crippen LogP contribution in [0.4, 0.5) is 5.69 Å². The average Bonchev–Trinajstić information content (AvgIpc) is 2.83. The molecule has 6 nitrogen and oxygen atoms in total. The molecule has 2 rings (SSSR count). The van der Waals surface area contributed by atoms with Crippen molar-refractivity contribution in [1.82, 2.24) is 0 Å². The Kier molecular flexibility index (Phi) is 4.67. The van der Waals surface area contributed by atoms with E-state index in [9.17, 15) is 9.59 Å². The molecule has 1 aromatic carbocycles. The number of nitrogens with two attached hydrogens (primary N) is 1. The first-order chi connectivity index (χ1) is 10.1. The highest BCUT2D eigenvalue weighted by Gasteiger charge is 2.35. The Morgan fingerprint density at radius 1 is 1.33 bits per heavy atom. The van der Waals surface area contributed by atoms with Gasteiger partial charge in [-0.15, -0.1) is 0 Å². The second-order valence-corrected chi connectivity index (χ2v) is 4.80. The Bertz CT molecular complexity index is 544. The quantitative estimate of drug-likeness (QED) is 0.857. The molecular formula is C15H20N2O4. The van der Waals surface area contributed by atoms with Gasteiger partial charge in [0.15, 0.2) is 0 Å². The summed E-state index contributed by atoms with van der Waals surface area (Å²) in [5, 5.41) is 0. The van der Waals surface area contributed by atoms with Gasteiger partial charge >= 0.3 is 0 Å². The molecule has 1 fully saturated rings. The molecule has 0 aliphatic carbocycles. The fraction of sp³-hybridized carbons (Fsp3) is 0.467. The molecule has 1 aromatic rings. The molecular weight excluding hydrogens is 272 g/mol. The fourth-order valence-corrected chi connectivity index (χ4v) is 2.37. The maximum absolute atomic E-state index is 12.1. The van der Waals surface area contributed by atoms with Crippen molar-refractivity contribution < 1.29 is 19.1 Å². The number of carbonyl (C=O) groups is 2. The molecule has 2 amide bonds. The van der Waals surface area contributed by atoms with Gasteiger partial charge in [0.05, 0.1) is 24.8 Å². The van der Waals surface area contributed by atoms with Gasteiger partial charge in [0, 0.05) is 19.0 Å². The van der Waals surface area contributed by atoms with E-state index in [-0.39, 0.29) is 18.9 Å². The number of primary amides is 1. The van der Waals surface area contributed by atoms with E-state index in [4.69, 9.17) is 15.2 Å². The van der Waals surface area contributed by atoms with Gasteiger partial charge in [-0.1, -0.05) is 0 Å². The van der Waals surface area contributed by atoms with Gasteiger partial charge in [-0.2, -0.15) is 0 Å². The molecule has 114 valence electrons. The summed E-state index contributed by atoms with van der Waals surface area (Å²) in [6.07, 6.45) is 0.139. The topological polar surface area (TPSA) is 81.9 Å². The third-order valence-electron chi connectivity index (χ3n) is 3.36. The van der Waals surface area contributed by atoms with Crippen molar-refractivity contribution in [3.63, 3.8) is 0 Å². The van der Waals surface area contributed by atoms with Crippen molar-refractivity contribution >= 4 is 17.5 Å². The minimum Gasteiger partial charge on any atom is -0.494 e. The van der Waals surface area contributed by atoms with Crippen LogP contribution in [0.25, 0.3) is 0 Å². The predicted molar refractivity (Wildman–Crippen MR) is 78.4 cm³/mol. The number of carbonyl (C=O) groups excluding carboxylic acids is 2. The number of anilines is 1. The smallest absolute Gasteiger partial charge is 0.227 e. The summed E-state index contributed by atoms with van der Waals surface area (Å²) >= 11 is 0. The van der Waals surface area contributed by atoms with E-state index in [0.717, 1.165) is 0 Å². The first-order valence-corrected chi connectivity index (χ1v) is 7.06. The van der Waals surface area contributed by atoms with Gasteiger partial charge in [0.1, 0.15) is 11.5 Å². The van der Waals surface area contributed by atoms with Crippen molar-refractivity contribution in [2.75, 3.05) is 24.7 Å². The number of benzene rings is 1. The highest BCUT2D eigenvalue weighted by Crippen LogP contribution is 2.36. The Morgan fingerprint density at radius 2 is 2.05 bits per heavy atom. The van der Waals surface area contributed by atoms with Crippen molar-refractivity contribution in [1.29, 1.82) is 0 Å². The Morgan fingerprint density at radius 3 is 2.62 bits per heavy atom. The van der Waals surface area contributed by atoms with Crippen LogP contribution in [0.5, 0.6) is 11.5 Å². The zero-order valence-electron chi connectivity index (χ0n) is 12.3. The van der Waals surface area contributed by atoms with E-state index in [1.807, 2.05) is 13.8 Å². The number of amides is 2. The van der Waals surface area contributed by atoms with Gasteiger partial charge in [-0.25, -0.2) is 0 Å². The summed E-state index contributed by atoms with van der Waals surface area (Å²) in [6.45, 7) is 5.07. The lowest BCUT2D eigenvalue weighted by atomic mass is 10.1. The summed E-state index contributed by atoms with van der Waals surface area (Å²) < 4.78 is 11.0. The number of hydrogen-bond acceptors (Lipinski definition) is 4. The average molecular weight is 292 g/mol. The zero-order chi connectivity index (χ0) is 15.4. The Hall–Kier alpha value is -2.24. The van der Waals surface area contributed by atoms with E-state index < -0.39 is 11.8 Å². The van der Waals surface area contributed by atoms with Gasteiger partial charge < -0.3 is 20.1 Å². The van der Waals surface area contributed by atoms with Crippen molar-refractivity contribution in [2.24, 2.45) is 11.7 Å². The standard InChI is InChI=1S/C15H20N2O4/c1-3-20-11-5-6-13(21-4-2)12(8-11)17-9-10(15(16)19)7-14(17)18/h5-6,8,10H,3-4,7,9H2,1-2H3,(H2,16,19). The van der Waals surface area contributed by atoms with Crippen LogP contribution in [-0.4, -0.2) is 31.6 Å². The molecule has 1 atom stereocenters. The molecule has 1 unspecified atom stereocenters. The third kappa shape index (κ3) is 3.26. The molecule has 21 heavy (non-hydrogen) atoms. The molecule has 1 heterocycles. The molecule has 1 aliphatic rings. The molecule has 1 saturated heterocycles. The predicted octanol–water partition coefficient (Wildman–Crippen LogP) is 1.32. The maximum Gasteiger partial charge on any atom is 0.227 e. The molecule has 0 spiro atoms. The summed E-state index contributed by atoms with van der Waals surface area (Å²) in [5.41, 5.74) is 5.92. The minimum absolute atomic E-state index is 0.131. The number of rotatable bonds is 6. The first-order valence-electron chi connectivity index (χ1n) is 7.06. The second kappa shape index (κ2) is 6.47. The lowest BCUT2D eigenvalue weighted by molar-refractivity contribution is -0.123. The van der Waals surface area contributed by atoms with Crippen LogP contribution in [0, 0.1) is 5.92 Å². The highest BCUT2D eigenvalue weighted by atomic mass is 16.5. The van der Waals surface area contributed by atoms with E-state index in [1.54, 1.807) is 23.1 Å². The third-order valence-corrected chi connectivity index (χ3v) is 3.36. The van der Waals surface area contributed by atoms with Gasteiger partial charge in [-0.05, 0) is 26.0 Å². The largest absolute Gasteiger partial charge is 0.494 e. The van der Waals surface area contributed by atoms with Gasteiger partial charge in [-0.3, -0.25) is 9.59 Å². The highest BCUT2D eigenvalue weighted by molar-refractivity contribution is 6.01. The molecule has 1 aliphatic heterocycles. The van der Waals surface area contributed by atoms with Crippen LogP contribution in [0.1, 0.15) is 20.3 Å². The molecule has 0 bridgehead atoms. The molecule has 0 saturated carbocycles. The van der Waals surface area contributed by atoms with E-state index in [2.05, 4.69) is 0 Å². The zero-order valence-corrected chi connectivity index (χ0v) is 12.3. The van der Waals surface area contributed by atoms with E-state index in [0.29, 0.717) is 30.4 Å². The molecule has 2 N–H and O–H groups in total. The summed E-state index contributed by atoms with van der Waals surface area (Å²) in [6, 6.07) is 5.33. The minimum atomic E-state index is -0.456. The van der Waals surface area contributed by atoms with E-state index in [1.165, 1.54) is 0 Å². The molecule has 6 heteroatoms. The van der Waals surface area contributed by atoms with Crippen molar-refractivity contribution in [3.8, 4) is 11.5 Å². The monoisotopic (exact) mass is 292 g/mol. The number of nitrogens with zero attached hydrogens (tertiary/aromatic N) is 1. The van der Waals surface area contributed by atoms with Crippen LogP contribution >= 0.6 is 0 Å². The van der Waals surface area contributed by atoms with Gasteiger partial charge in [0.2, 0.25) is 11.8 Å². The van der Waals surface area contributed by atoms with Crippen LogP contribution in [0.15, 0.2) is 18.2 Å². The molecule has 0 radical (unpaired) electrons. The summed E-state index contributed by atoms with van der Waals surface area (Å²) in [5.74, 6) is 0.214. The van der Waals surface area contributed by atoms with Gasteiger partial charge in [0.25, 0.3) is 0 Å². The lowest BCUT2D eigenvalue weighted by Gasteiger charge is -2.21. The summed E-state index contributed by atoms with van der Waals surface area (Å²) in [7, 11) is 0. The normalized spacial score (nSPS) is 17.9. The fourth-order valence-electron chi connectivity index (χ4n) is 2.37. The number of ether oxygens (including phenoxy) is 2. The summed E-state index contributed by atoms with van der Waals surface area (Å²) in [4.78, 5) is 25.0. The maximum atomic E-state index is 12.1. The van der Waals surface area contributed by atoms with Crippen LogP contribution in [0.3, 0.4) is 0 Å². The van der Waals surface area contributed by atoms with Crippen LogP contribution in [0.2, 0.25) is 0 Å². The van der Waals surface area contributed by atoms with E-state index >= 15 is 0 Å². The Balaban J connectivity index is 2.33. The molecule has 0 aromatic heterocycles. The number of hydrogen-bond donors (Lipinski definition) is 1. The van der Waals surface area contributed by atoms with Crippen molar-refractivity contribution in [3.05, 3.63) is 18.2 Å². The first kappa shape index (κ1) is 15.2. The Labute approximate surface area is 123 Å². The van der Waals surface area contributed by atoms with Crippen LogP contribution < -0.4 is 20.1 Å². The van der Waals surface area contributed by atoms with Crippen molar-refractivity contribution in [2.45, 2.75) is 20.3 Å². The SMILES string of the molecule is CCOc1ccc(OCC)c(N2CC(C(N)=O)CC2=O)c1. The van der Waals surface area contributed by atoms with Crippen LogP contribution in [-0.2, 0) is 9.59 Å². The lowest BCUT2D eigenvalue weighted by Crippen LogP contribution is -2.28.